The standard InChI is InChI=1S/C22H35NO3/c1-16(2)14-18-7-9-19(10-8-18)22(17(3)4)23-21(24)11-13-25-15-20-6-5-12-26-20/h7-10,16-17,20,22H,5-6,11-15H2,1-4H3,(H,23,24). The molecule has 1 aliphatic rings. The second-order valence-electron chi connectivity index (χ2n) is 8.09. The van der Waals surface area contributed by atoms with Crippen molar-refractivity contribution in [2.75, 3.05) is 19.8 Å². The zero-order chi connectivity index (χ0) is 18.9. The van der Waals surface area contributed by atoms with Crippen molar-refractivity contribution in [3.63, 3.8) is 0 Å². The Morgan fingerprint density at radius 3 is 2.54 bits per heavy atom. The molecule has 1 aromatic rings. The summed E-state index contributed by atoms with van der Waals surface area (Å²) in [5, 5.41) is 3.17. The molecule has 0 spiro atoms. The Morgan fingerprint density at radius 1 is 1.23 bits per heavy atom. The summed E-state index contributed by atoms with van der Waals surface area (Å²) in [5.41, 5.74) is 2.52. The molecule has 1 heterocycles. The van der Waals surface area contributed by atoms with Gasteiger partial charge in [-0.15, -0.1) is 0 Å². The van der Waals surface area contributed by atoms with E-state index in [1.54, 1.807) is 0 Å². The molecule has 4 nitrogen and oxygen atoms in total. The molecule has 1 amide bonds. The number of benzene rings is 1. The largest absolute Gasteiger partial charge is 0.378 e. The smallest absolute Gasteiger partial charge is 0.222 e. The summed E-state index contributed by atoms with van der Waals surface area (Å²) in [5.74, 6) is 1.03. The van der Waals surface area contributed by atoms with Gasteiger partial charge in [-0.1, -0.05) is 52.0 Å². The predicted octanol–water partition coefficient (Wildman–Crippen LogP) is 4.28. The van der Waals surface area contributed by atoms with Crippen LogP contribution in [0.2, 0.25) is 0 Å². The Hall–Kier alpha value is -1.39. The van der Waals surface area contributed by atoms with Crippen LogP contribution in [-0.2, 0) is 20.7 Å². The summed E-state index contributed by atoms with van der Waals surface area (Å²) < 4.78 is 11.1. The van der Waals surface area contributed by atoms with Gasteiger partial charge >= 0.3 is 0 Å². The van der Waals surface area contributed by atoms with E-state index in [1.807, 2.05) is 0 Å². The summed E-state index contributed by atoms with van der Waals surface area (Å²) in [7, 11) is 0. The Morgan fingerprint density at radius 2 is 1.96 bits per heavy atom. The van der Waals surface area contributed by atoms with Crippen molar-refractivity contribution in [3.05, 3.63) is 35.4 Å². The van der Waals surface area contributed by atoms with Crippen LogP contribution in [0.5, 0.6) is 0 Å². The van der Waals surface area contributed by atoms with Crippen LogP contribution in [0.3, 0.4) is 0 Å². The van der Waals surface area contributed by atoms with E-state index in [4.69, 9.17) is 9.47 Å². The minimum absolute atomic E-state index is 0.0359. The SMILES string of the molecule is CC(C)Cc1ccc(C(NC(=O)CCOCC2CCCO2)C(C)C)cc1. The molecule has 2 atom stereocenters. The Bertz CT molecular complexity index is 533. The summed E-state index contributed by atoms with van der Waals surface area (Å²) in [6, 6.07) is 8.70. The monoisotopic (exact) mass is 361 g/mol. The third kappa shape index (κ3) is 7.08. The molecule has 4 heteroatoms. The van der Waals surface area contributed by atoms with E-state index in [1.165, 1.54) is 11.1 Å². The quantitative estimate of drug-likeness (QED) is 0.633. The molecule has 1 aromatic carbocycles. The third-order valence-corrected chi connectivity index (χ3v) is 4.77. The Kier molecular flexibility index (Phi) is 8.60. The highest BCUT2D eigenvalue weighted by atomic mass is 16.5. The van der Waals surface area contributed by atoms with Gasteiger partial charge in [0.05, 0.1) is 25.4 Å². The van der Waals surface area contributed by atoms with Gasteiger partial charge in [0.1, 0.15) is 0 Å². The Balaban J connectivity index is 1.79. The van der Waals surface area contributed by atoms with Crippen molar-refractivity contribution in [2.45, 2.75) is 65.5 Å². The molecule has 26 heavy (non-hydrogen) atoms. The van der Waals surface area contributed by atoms with E-state index >= 15 is 0 Å². The van der Waals surface area contributed by atoms with Crippen molar-refractivity contribution in [1.29, 1.82) is 0 Å². The fourth-order valence-corrected chi connectivity index (χ4v) is 3.37. The maximum absolute atomic E-state index is 12.3. The first-order valence-corrected chi connectivity index (χ1v) is 10.0. The Labute approximate surface area is 158 Å². The van der Waals surface area contributed by atoms with E-state index in [-0.39, 0.29) is 18.1 Å². The first kappa shape index (κ1) is 20.9. The van der Waals surface area contributed by atoms with Gasteiger partial charge in [-0.2, -0.15) is 0 Å². The minimum Gasteiger partial charge on any atom is -0.378 e. The lowest BCUT2D eigenvalue weighted by Gasteiger charge is -2.23. The normalized spacial score (nSPS) is 18.5. The van der Waals surface area contributed by atoms with Crippen LogP contribution in [0.1, 0.15) is 64.1 Å². The molecule has 0 radical (unpaired) electrons. The van der Waals surface area contributed by atoms with E-state index in [0.717, 1.165) is 25.9 Å². The number of carbonyl (C=O) groups excluding carboxylic acids is 1. The number of rotatable bonds is 10. The van der Waals surface area contributed by atoms with Crippen molar-refractivity contribution in [3.8, 4) is 0 Å². The topological polar surface area (TPSA) is 47.6 Å². The van der Waals surface area contributed by atoms with Gasteiger partial charge in [-0.25, -0.2) is 0 Å². The van der Waals surface area contributed by atoms with E-state index in [2.05, 4.69) is 57.3 Å². The minimum atomic E-state index is 0.0359. The van der Waals surface area contributed by atoms with E-state index in [9.17, 15) is 4.79 Å². The van der Waals surface area contributed by atoms with Crippen LogP contribution in [-0.4, -0.2) is 31.8 Å². The second kappa shape index (κ2) is 10.7. The second-order valence-corrected chi connectivity index (χ2v) is 8.09. The fourth-order valence-electron chi connectivity index (χ4n) is 3.37. The molecule has 2 unspecified atom stereocenters. The molecule has 2 rings (SSSR count). The molecule has 146 valence electrons. The highest BCUT2D eigenvalue weighted by Crippen LogP contribution is 2.23. The van der Waals surface area contributed by atoms with Crippen molar-refractivity contribution >= 4 is 5.91 Å². The average molecular weight is 362 g/mol. The summed E-state index contributed by atoms with van der Waals surface area (Å²) in [6.45, 7) is 10.6. The highest BCUT2D eigenvalue weighted by molar-refractivity contribution is 5.76. The maximum Gasteiger partial charge on any atom is 0.222 e. The van der Waals surface area contributed by atoms with Gasteiger partial charge in [0.15, 0.2) is 0 Å². The summed E-state index contributed by atoms with van der Waals surface area (Å²) >= 11 is 0. The summed E-state index contributed by atoms with van der Waals surface area (Å²) in [6.07, 6.45) is 3.86. The van der Waals surface area contributed by atoms with Gasteiger partial charge in [-0.05, 0) is 42.2 Å². The van der Waals surface area contributed by atoms with Gasteiger partial charge in [-0.3, -0.25) is 4.79 Å². The van der Waals surface area contributed by atoms with Crippen LogP contribution >= 0.6 is 0 Å². The third-order valence-electron chi connectivity index (χ3n) is 4.77. The maximum atomic E-state index is 12.3. The molecule has 0 bridgehead atoms. The lowest BCUT2D eigenvalue weighted by atomic mass is 9.93. The summed E-state index contributed by atoms with van der Waals surface area (Å²) in [4.78, 5) is 12.3. The molecule has 0 saturated carbocycles. The predicted molar refractivity (Wildman–Crippen MR) is 105 cm³/mol. The van der Waals surface area contributed by atoms with Gasteiger partial charge in [0.25, 0.3) is 0 Å². The van der Waals surface area contributed by atoms with E-state index < -0.39 is 0 Å². The zero-order valence-corrected chi connectivity index (χ0v) is 16.8. The van der Waals surface area contributed by atoms with Crippen LogP contribution in [0.4, 0.5) is 0 Å². The molecule has 1 aliphatic heterocycles. The average Bonchev–Trinajstić information content (AvgIpc) is 3.10. The molecule has 1 N–H and O–H groups in total. The lowest BCUT2D eigenvalue weighted by molar-refractivity contribution is -0.123. The number of hydrogen-bond donors (Lipinski definition) is 1. The molecule has 0 aromatic heterocycles. The fraction of sp³-hybridized carbons (Fsp3) is 0.682. The zero-order valence-electron chi connectivity index (χ0n) is 16.8. The lowest BCUT2D eigenvalue weighted by Crippen LogP contribution is -2.32. The van der Waals surface area contributed by atoms with Crippen molar-refractivity contribution in [2.24, 2.45) is 11.8 Å². The van der Waals surface area contributed by atoms with Crippen molar-refractivity contribution in [1.82, 2.24) is 5.32 Å². The molecular weight excluding hydrogens is 326 g/mol. The first-order chi connectivity index (χ1) is 12.5. The van der Waals surface area contributed by atoms with Crippen LogP contribution < -0.4 is 5.32 Å². The van der Waals surface area contributed by atoms with Crippen molar-refractivity contribution < 1.29 is 14.3 Å². The number of hydrogen-bond acceptors (Lipinski definition) is 3. The molecular formula is C22H35NO3. The first-order valence-electron chi connectivity index (χ1n) is 10.0. The van der Waals surface area contributed by atoms with Gasteiger partial charge < -0.3 is 14.8 Å². The van der Waals surface area contributed by atoms with Crippen LogP contribution in [0, 0.1) is 11.8 Å². The molecule has 0 aliphatic carbocycles. The van der Waals surface area contributed by atoms with Gasteiger partial charge in [0.2, 0.25) is 5.91 Å². The molecule has 1 saturated heterocycles. The number of amides is 1. The van der Waals surface area contributed by atoms with Crippen LogP contribution in [0.15, 0.2) is 24.3 Å². The van der Waals surface area contributed by atoms with Crippen LogP contribution in [0.25, 0.3) is 0 Å². The highest BCUT2D eigenvalue weighted by Gasteiger charge is 2.19. The molecule has 1 fully saturated rings. The number of ether oxygens (including phenoxy) is 2. The number of carbonyl (C=O) groups is 1. The van der Waals surface area contributed by atoms with E-state index in [0.29, 0.717) is 31.5 Å². The van der Waals surface area contributed by atoms with Gasteiger partial charge in [0, 0.05) is 13.0 Å². The number of nitrogens with one attached hydrogen (secondary N) is 1.